The number of fused-ring (bicyclic) bond motifs is 2. The van der Waals surface area contributed by atoms with E-state index in [1.807, 2.05) is 0 Å². The zero-order valence-electron chi connectivity index (χ0n) is 19.9. The van der Waals surface area contributed by atoms with Crippen LogP contribution in [0.1, 0.15) is 51.7 Å². The maximum atomic E-state index is 2.29. The van der Waals surface area contributed by atoms with Gasteiger partial charge in [-0.1, -0.05) is 64.8 Å². The maximum absolute atomic E-state index is 2.29. The normalized spacial score (nSPS) is 9.38. The largest absolute Gasteiger partial charge is 4.00 e. The second-order valence-corrected chi connectivity index (χ2v) is 9.36. The van der Waals surface area contributed by atoms with Crippen molar-refractivity contribution >= 4 is 31.1 Å². The molecule has 0 N–H and O–H groups in total. The van der Waals surface area contributed by atoms with Gasteiger partial charge in [-0.05, 0) is 12.8 Å². The molecule has 32 heavy (non-hydrogen) atoms. The van der Waals surface area contributed by atoms with E-state index in [1.54, 1.807) is 0 Å². The molecule has 170 valence electrons. The summed E-state index contributed by atoms with van der Waals surface area (Å²) in [5.74, 6) is 0. The number of hydrogen-bond donors (Lipinski definition) is 0. The van der Waals surface area contributed by atoms with Crippen molar-refractivity contribution in [2.24, 2.45) is 0 Å². The second kappa shape index (κ2) is 19.1. The summed E-state index contributed by atoms with van der Waals surface area (Å²) in [6.07, 6.45) is 4.87. The molecule has 0 spiro atoms. The first kappa shape index (κ1) is 32.8. The average molecular weight is 530 g/mol. The summed E-state index contributed by atoms with van der Waals surface area (Å²) in [5, 5.41) is 5.50. The Balaban J connectivity index is 0. The van der Waals surface area contributed by atoms with E-state index < -0.39 is 0 Å². The van der Waals surface area contributed by atoms with E-state index in [9.17, 15) is 0 Å². The van der Waals surface area contributed by atoms with Gasteiger partial charge in [0.05, 0.1) is 0 Å². The Morgan fingerprint density at radius 3 is 1.28 bits per heavy atom. The summed E-state index contributed by atoms with van der Waals surface area (Å²) in [7, 11) is 1.20. The van der Waals surface area contributed by atoms with Crippen molar-refractivity contribution in [1.29, 1.82) is 0 Å². The minimum absolute atomic E-state index is 0. The van der Waals surface area contributed by atoms with Crippen molar-refractivity contribution in [3.05, 3.63) is 83.9 Å². The van der Waals surface area contributed by atoms with E-state index in [0.717, 1.165) is 0 Å². The molecule has 0 fully saturated rings. The van der Waals surface area contributed by atoms with Crippen molar-refractivity contribution in [3.63, 3.8) is 0 Å². The van der Waals surface area contributed by atoms with Gasteiger partial charge in [0.25, 0.3) is 0 Å². The molecule has 0 aromatic heterocycles. The summed E-state index contributed by atoms with van der Waals surface area (Å²) < 4.78 is 0. The van der Waals surface area contributed by atoms with Crippen LogP contribution in [0.5, 0.6) is 0 Å². The molecule has 0 heterocycles. The number of hydrogen-bond acceptors (Lipinski definition) is 0. The fraction of sp³-hybridized carbons (Fsp3) is 0.357. The van der Waals surface area contributed by atoms with Gasteiger partial charge in [-0.2, -0.15) is 12.1 Å². The molecule has 0 amide bonds. The Morgan fingerprint density at radius 1 is 0.625 bits per heavy atom. The molecule has 0 saturated carbocycles. The number of benzene rings is 2. The fourth-order valence-corrected chi connectivity index (χ4v) is 4.05. The van der Waals surface area contributed by atoms with Gasteiger partial charge in [-0.25, -0.2) is 0 Å². The van der Waals surface area contributed by atoms with E-state index >= 15 is 0 Å². The standard InChI is InChI=1S/2C12H13.C4H10Si.2FH.Zr/c2*1-2-5-10-8-11-6-3-4-7-12(11)9-10;1-3-5-4-2;;;/h2*3-4,6-9H,2,5H2,1H3;3-4H2,1-2H3;2*1H;/q2*-1;;;;+4/p-2. The molecular formula is C28H36F2SiZr. The maximum Gasteiger partial charge on any atom is 4.00 e. The zero-order chi connectivity index (χ0) is 20.9. The number of halogens is 2. The van der Waals surface area contributed by atoms with Crippen LogP contribution in [0.2, 0.25) is 12.1 Å². The summed E-state index contributed by atoms with van der Waals surface area (Å²) in [6, 6.07) is 29.0. The van der Waals surface area contributed by atoms with Crippen molar-refractivity contribution in [2.45, 2.75) is 65.5 Å². The van der Waals surface area contributed by atoms with Crippen LogP contribution in [0.4, 0.5) is 0 Å². The SMILES string of the molecule is CCCc1cc2ccccc2[cH-]1.CCCc1cc2ccccc2[cH-]1.CC[Si]CC.[F-].[F-].[Zr+4]. The van der Waals surface area contributed by atoms with E-state index in [4.69, 9.17) is 0 Å². The number of aryl methyl sites for hydroxylation is 2. The van der Waals surface area contributed by atoms with Crippen LogP contribution in [0.25, 0.3) is 21.5 Å². The smallest absolute Gasteiger partial charge is 1.00 e. The molecular weight excluding hydrogens is 494 g/mol. The van der Waals surface area contributed by atoms with Crippen LogP contribution in [0, 0.1) is 0 Å². The van der Waals surface area contributed by atoms with E-state index in [2.05, 4.69) is 100 Å². The molecule has 0 aliphatic rings. The molecule has 0 bridgehead atoms. The van der Waals surface area contributed by atoms with Crippen LogP contribution in [-0.4, -0.2) is 9.52 Å². The van der Waals surface area contributed by atoms with Crippen LogP contribution >= 0.6 is 0 Å². The third-order valence-corrected chi connectivity index (χ3v) is 5.93. The Kier molecular flexibility index (Phi) is 19.6. The monoisotopic (exact) mass is 528 g/mol. The Hall–Kier alpha value is -1.38. The molecule has 0 aliphatic carbocycles. The summed E-state index contributed by atoms with van der Waals surface area (Å²) in [5.41, 5.74) is 2.94. The topological polar surface area (TPSA) is 0 Å². The van der Waals surface area contributed by atoms with Crippen molar-refractivity contribution in [3.8, 4) is 0 Å². The van der Waals surface area contributed by atoms with Crippen LogP contribution in [0.15, 0.2) is 72.8 Å². The van der Waals surface area contributed by atoms with Gasteiger partial charge in [0, 0.05) is 9.52 Å². The first-order valence-corrected chi connectivity index (χ1v) is 12.6. The molecule has 4 aromatic carbocycles. The Labute approximate surface area is 215 Å². The second-order valence-electron chi connectivity index (χ2n) is 7.44. The molecule has 4 aromatic rings. The Bertz CT molecular complexity index is 814. The van der Waals surface area contributed by atoms with Gasteiger partial charge in [-0.3, -0.25) is 0 Å². The van der Waals surface area contributed by atoms with Crippen LogP contribution in [-0.2, 0) is 39.0 Å². The first-order chi connectivity index (χ1) is 14.2. The summed E-state index contributed by atoms with van der Waals surface area (Å²) in [4.78, 5) is 0. The van der Waals surface area contributed by atoms with Crippen molar-refractivity contribution < 1.29 is 35.6 Å². The molecule has 0 aliphatic heterocycles. The molecule has 2 radical (unpaired) electrons. The molecule has 4 rings (SSSR count). The fourth-order valence-electron chi connectivity index (χ4n) is 3.55. The quantitative estimate of drug-likeness (QED) is 0.266. The molecule has 0 atom stereocenters. The van der Waals surface area contributed by atoms with E-state index in [1.165, 1.54) is 80.0 Å². The molecule has 4 heteroatoms. The molecule has 0 unspecified atom stereocenters. The Morgan fingerprint density at radius 2 is 1.00 bits per heavy atom. The van der Waals surface area contributed by atoms with E-state index in [-0.39, 0.29) is 35.6 Å². The summed E-state index contributed by atoms with van der Waals surface area (Å²) in [6.45, 7) is 8.89. The van der Waals surface area contributed by atoms with Gasteiger partial charge >= 0.3 is 26.2 Å². The summed E-state index contributed by atoms with van der Waals surface area (Å²) >= 11 is 0. The minimum Gasteiger partial charge on any atom is -1.00 e. The van der Waals surface area contributed by atoms with Crippen molar-refractivity contribution in [2.75, 3.05) is 0 Å². The number of rotatable bonds is 6. The molecule has 0 saturated heterocycles. The molecule has 0 nitrogen and oxygen atoms in total. The third kappa shape index (κ3) is 11.0. The zero-order valence-corrected chi connectivity index (χ0v) is 23.4. The van der Waals surface area contributed by atoms with Gasteiger partial charge in [0.15, 0.2) is 0 Å². The third-order valence-electron chi connectivity index (χ3n) is 4.93. The van der Waals surface area contributed by atoms with Crippen molar-refractivity contribution in [1.82, 2.24) is 0 Å². The predicted molar refractivity (Wildman–Crippen MR) is 134 cm³/mol. The van der Waals surface area contributed by atoms with Gasteiger partial charge in [0.2, 0.25) is 0 Å². The van der Waals surface area contributed by atoms with Gasteiger partial charge in [0.1, 0.15) is 0 Å². The first-order valence-electron chi connectivity index (χ1n) is 11.2. The van der Waals surface area contributed by atoms with Crippen LogP contribution in [0.3, 0.4) is 0 Å². The predicted octanol–water partition coefficient (Wildman–Crippen LogP) is 2.59. The van der Waals surface area contributed by atoms with Gasteiger partial charge < -0.3 is 9.41 Å². The minimum atomic E-state index is 0. The van der Waals surface area contributed by atoms with Gasteiger partial charge in [-0.15, -0.1) is 81.2 Å². The van der Waals surface area contributed by atoms with Crippen LogP contribution < -0.4 is 9.41 Å². The van der Waals surface area contributed by atoms with E-state index in [0.29, 0.717) is 0 Å². The average Bonchev–Trinajstić information content (AvgIpc) is 3.33.